The monoisotopic (exact) mass is 467 g/mol. The smallest absolute Gasteiger partial charge is 0.228 e. The van der Waals surface area contributed by atoms with Crippen LogP contribution in [0.4, 0.5) is 0 Å². The average Bonchev–Trinajstić information content (AvgIpc) is 2.69. The minimum absolute atomic E-state index is 0.0244. The maximum Gasteiger partial charge on any atom is 0.228 e. The molecule has 0 unspecified atom stereocenters. The highest BCUT2D eigenvalue weighted by Crippen LogP contribution is 2.31. The van der Waals surface area contributed by atoms with Crippen LogP contribution >= 0.6 is 34.2 Å². The molecule has 0 radical (unpaired) electrons. The fraction of sp³-hybridized carbons (Fsp3) is 0.600. The summed E-state index contributed by atoms with van der Waals surface area (Å²) in [6.07, 6.45) is 2.02. The predicted octanol–water partition coefficient (Wildman–Crippen LogP) is 4.79. The Bertz CT molecular complexity index is 685. The van der Waals surface area contributed by atoms with Crippen LogP contribution in [0.15, 0.2) is 6.20 Å². The maximum absolute atomic E-state index is 6.06. The Morgan fingerprint density at radius 1 is 1.30 bits per heavy atom. The largest absolute Gasteiger partial charge is 0.474 e. The molecule has 0 spiro atoms. The Morgan fingerprint density at radius 2 is 2.00 bits per heavy atom. The third kappa shape index (κ3) is 5.30. The molecule has 2 rings (SSSR count). The van der Waals surface area contributed by atoms with Crippen LogP contribution in [0, 0.1) is 3.57 Å². The summed E-state index contributed by atoms with van der Waals surface area (Å²) in [6, 6.07) is 1.14. The zero-order chi connectivity index (χ0) is 17.2. The molecule has 0 aromatic carbocycles. The molecule has 0 N–H and O–H groups in total. The minimum Gasteiger partial charge on any atom is -0.474 e. The molecule has 2 aromatic heterocycles. The van der Waals surface area contributed by atoms with Crippen molar-refractivity contribution in [2.75, 3.05) is 6.61 Å². The summed E-state index contributed by atoms with van der Waals surface area (Å²) in [6.45, 7) is 12.2. The van der Waals surface area contributed by atoms with E-state index >= 15 is 0 Å². The zero-order valence-corrected chi connectivity index (χ0v) is 18.1. The molecular weight excluding hydrogens is 445 g/mol. The van der Waals surface area contributed by atoms with E-state index in [1.54, 1.807) is 0 Å². The number of hydrogen-bond donors (Lipinski definition) is 0. The standard InChI is InChI=1S/C15H23ClIN3O2Si/c1-10(2)22-14-12-11(17)8-20(13(12)18-15(16)19-14)9-21-6-7-23(3,4)5/h8,10H,6-7,9H2,1-5H3. The van der Waals surface area contributed by atoms with Gasteiger partial charge in [-0.2, -0.15) is 9.97 Å². The number of nitrogens with zero attached hydrogens (tertiary/aromatic N) is 3. The summed E-state index contributed by atoms with van der Waals surface area (Å²) in [5, 5.41) is 1.07. The molecule has 0 aliphatic rings. The Labute approximate surface area is 156 Å². The van der Waals surface area contributed by atoms with E-state index in [-0.39, 0.29) is 11.4 Å². The first-order valence-electron chi connectivity index (χ1n) is 7.63. The molecule has 0 saturated heterocycles. The predicted molar refractivity (Wildman–Crippen MR) is 105 cm³/mol. The maximum atomic E-state index is 6.06. The topological polar surface area (TPSA) is 49.2 Å². The lowest BCUT2D eigenvalue weighted by molar-refractivity contribution is 0.0898. The van der Waals surface area contributed by atoms with Crippen LogP contribution < -0.4 is 4.74 Å². The molecule has 0 aliphatic heterocycles. The van der Waals surface area contributed by atoms with E-state index in [1.165, 1.54) is 0 Å². The first-order chi connectivity index (χ1) is 10.7. The minimum atomic E-state index is -1.08. The van der Waals surface area contributed by atoms with E-state index in [2.05, 4.69) is 52.2 Å². The fourth-order valence-corrected chi connectivity index (χ4v) is 3.75. The summed E-state index contributed by atoms with van der Waals surface area (Å²) in [5.41, 5.74) is 0.748. The van der Waals surface area contributed by atoms with Gasteiger partial charge in [0.15, 0.2) is 5.65 Å². The number of hydrogen-bond acceptors (Lipinski definition) is 4. The van der Waals surface area contributed by atoms with Gasteiger partial charge in [-0.1, -0.05) is 19.6 Å². The number of rotatable bonds is 7. The Balaban J connectivity index is 2.23. The molecular formula is C15H23ClIN3O2Si. The van der Waals surface area contributed by atoms with Crippen molar-refractivity contribution in [2.24, 2.45) is 0 Å². The molecule has 2 heterocycles. The highest BCUT2D eigenvalue weighted by Gasteiger charge is 2.18. The fourth-order valence-electron chi connectivity index (χ4n) is 2.03. The van der Waals surface area contributed by atoms with Crippen LogP contribution in [-0.2, 0) is 11.5 Å². The molecule has 0 fully saturated rings. The lowest BCUT2D eigenvalue weighted by atomic mass is 10.4. The second-order valence-corrected chi connectivity index (χ2v) is 14.1. The van der Waals surface area contributed by atoms with Gasteiger partial charge in [-0.3, -0.25) is 0 Å². The lowest BCUT2D eigenvalue weighted by Gasteiger charge is -2.15. The van der Waals surface area contributed by atoms with Gasteiger partial charge in [0.1, 0.15) is 6.73 Å². The number of fused-ring (bicyclic) bond motifs is 1. The molecule has 23 heavy (non-hydrogen) atoms. The highest BCUT2D eigenvalue weighted by atomic mass is 127. The van der Waals surface area contributed by atoms with Gasteiger partial charge < -0.3 is 14.0 Å². The van der Waals surface area contributed by atoms with Crippen molar-refractivity contribution in [2.45, 2.75) is 52.4 Å². The van der Waals surface area contributed by atoms with Gasteiger partial charge in [-0.25, -0.2) is 0 Å². The van der Waals surface area contributed by atoms with Crippen LogP contribution in [0.1, 0.15) is 13.8 Å². The third-order valence-electron chi connectivity index (χ3n) is 3.18. The van der Waals surface area contributed by atoms with E-state index in [0.717, 1.165) is 27.3 Å². The Morgan fingerprint density at radius 3 is 2.61 bits per heavy atom. The molecule has 0 aliphatic carbocycles. The van der Waals surface area contributed by atoms with E-state index < -0.39 is 8.07 Å². The molecule has 0 bridgehead atoms. The quantitative estimate of drug-likeness (QED) is 0.254. The number of ether oxygens (including phenoxy) is 2. The molecule has 5 nitrogen and oxygen atoms in total. The van der Waals surface area contributed by atoms with Gasteiger partial charge in [-0.05, 0) is 54.1 Å². The van der Waals surface area contributed by atoms with Crippen molar-refractivity contribution in [3.8, 4) is 5.88 Å². The van der Waals surface area contributed by atoms with Gasteiger partial charge in [0, 0.05) is 24.4 Å². The second kappa shape index (κ2) is 7.67. The molecule has 0 saturated carbocycles. The normalized spacial score (nSPS) is 12.3. The molecule has 0 amide bonds. The second-order valence-electron chi connectivity index (χ2n) is 6.96. The van der Waals surface area contributed by atoms with E-state index in [0.29, 0.717) is 12.6 Å². The molecule has 8 heteroatoms. The Kier molecular flexibility index (Phi) is 6.32. The first kappa shape index (κ1) is 18.9. The van der Waals surface area contributed by atoms with Crippen LogP contribution in [0.2, 0.25) is 31.0 Å². The van der Waals surface area contributed by atoms with E-state index in [4.69, 9.17) is 21.1 Å². The Hall–Kier alpha value is -0.383. The zero-order valence-electron chi connectivity index (χ0n) is 14.2. The average molecular weight is 468 g/mol. The molecule has 0 atom stereocenters. The van der Waals surface area contributed by atoms with Gasteiger partial charge in [0.25, 0.3) is 0 Å². The third-order valence-corrected chi connectivity index (χ3v) is 5.87. The van der Waals surface area contributed by atoms with Gasteiger partial charge in [0.2, 0.25) is 11.2 Å². The molecule has 128 valence electrons. The highest BCUT2D eigenvalue weighted by molar-refractivity contribution is 14.1. The van der Waals surface area contributed by atoms with Crippen molar-refractivity contribution in [1.29, 1.82) is 0 Å². The SMILES string of the molecule is CC(C)Oc1nc(Cl)nc2c1c(I)cn2COCC[Si](C)(C)C. The summed E-state index contributed by atoms with van der Waals surface area (Å²) in [5.74, 6) is 0.528. The van der Waals surface area contributed by atoms with Gasteiger partial charge in [0.05, 0.1) is 11.5 Å². The van der Waals surface area contributed by atoms with Crippen LogP contribution in [0.5, 0.6) is 5.88 Å². The first-order valence-corrected chi connectivity index (χ1v) is 12.8. The van der Waals surface area contributed by atoms with E-state index in [9.17, 15) is 0 Å². The van der Waals surface area contributed by atoms with Gasteiger partial charge >= 0.3 is 0 Å². The summed E-state index contributed by atoms with van der Waals surface area (Å²) in [4.78, 5) is 8.58. The summed E-state index contributed by atoms with van der Waals surface area (Å²) in [7, 11) is -1.08. The van der Waals surface area contributed by atoms with Crippen LogP contribution in [0.3, 0.4) is 0 Å². The van der Waals surface area contributed by atoms with Crippen molar-refractivity contribution in [3.05, 3.63) is 15.1 Å². The van der Waals surface area contributed by atoms with Crippen LogP contribution in [0.25, 0.3) is 11.0 Å². The number of aromatic nitrogens is 3. The van der Waals surface area contributed by atoms with Crippen molar-refractivity contribution in [3.63, 3.8) is 0 Å². The van der Waals surface area contributed by atoms with Crippen molar-refractivity contribution < 1.29 is 9.47 Å². The number of halogens is 2. The van der Waals surface area contributed by atoms with Crippen molar-refractivity contribution >= 4 is 53.3 Å². The summed E-state index contributed by atoms with van der Waals surface area (Å²) < 4.78 is 14.6. The van der Waals surface area contributed by atoms with Crippen molar-refractivity contribution in [1.82, 2.24) is 14.5 Å². The molecule has 2 aromatic rings. The van der Waals surface area contributed by atoms with Crippen LogP contribution in [-0.4, -0.2) is 35.3 Å². The van der Waals surface area contributed by atoms with Gasteiger partial charge in [-0.15, -0.1) is 0 Å². The lowest BCUT2D eigenvalue weighted by Crippen LogP contribution is -2.22. The van der Waals surface area contributed by atoms with E-state index in [1.807, 2.05) is 24.6 Å². The summed E-state index contributed by atoms with van der Waals surface area (Å²) >= 11 is 8.32.